The monoisotopic (exact) mass is 250 g/mol. The Labute approximate surface area is 81.8 Å². The van der Waals surface area contributed by atoms with Crippen molar-refractivity contribution in [1.29, 1.82) is 0 Å². The van der Waals surface area contributed by atoms with Crippen LogP contribution < -0.4 is 0 Å². The largest absolute Gasteiger partial charge is 0.306 e. The molecule has 1 aromatic rings. The molecule has 1 rings (SSSR count). The highest BCUT2D eigenvalue weighted by atomic mass is 79.9. The lowest BCUT2D eigenvalue weighted by Crippen LogP contribution is -1.96. The molecule has 0 N–H and O–H groups in total. The Morgan fingerprint density at radius 3 is 2.83 bits per heavy atom. The van der Waals surface area contributed by atoms with Gasteiger partial charge in [0.2, 0.25) is 0 Å². The quantitative estimate of drug-likeness (QED) is 0.461. The van der Waals surface area contributed by atoms with E-state index in [-0.39, 0.29) is 17.3 Å². The Morgan fingerprint density at radius 2 is 2.42 bits per heavy atom. The zero-order chi connectivity index (χ0) is 9.14. The maximum atomic E-state index is 10.5. The summed E-state index contributed by atoms with van der Waals surface area (Å²) in [6.07, 6.45) is 1.47. The van der Waals surface area contributed by atoms with Gasteiger partial charge in [0.25, 0.3) is 0 Å². The van der Waals surface area contributed by atoms with Crippen LogP contribution in [0.3, 0.4) is 0 Å². The van der Waals surface area contributed by atoms with Gasteiger partial charge in [0, 0.05) is 6.20 Å². The van der Waals surface area contributed by atoms with E-state index in [1.807, 2.05) is 0 Å². The number of nitro groups is 1. The van der Waals surface area contributed by atoms with E-state index in [1.165, 1.54) is 12.3 Å². The van der Waals surface area contributed by atoms with Crippen LogP contribution in [0.4, 0.5) is 5.69 Å². The van der Waals surface area contributed by atoms with Gasteiger partial charge in [-0.1, -0.05) is 0 Å². The Hall–Kier alpha value is -0.680. The van der Waals surface area contributed by atoms with Crippen LogP contribution in [0.15, 0.2) is 16.7 Å². The van der Waals surface area contributed by atoms with Gasteiger partial charge in [0.1, 0.15) is 5.69 Å². The van der Waals surface area contributed by atoms with Crippen molar-refractivity contribution in [3.05, 3.63) is 32.5 Å². The molecule has 12 heavy (non-hydrogen) atoms. The number of rotatable bonds is 2. The number of halogens is 2. The van der Waals surface area contributed by atoms with E-state index >= 15 is 0 Å². The molecule has 0 saturated heterocycles. The normalized spacial score (nSPS) is 9.83. The molecular weight excluding hydrogens is 247 g/mol. The zero-order valence-electron chi connectivity index (χ0n) is 5.83. The molecular formula is C6H4BrClN2O2. The van der Waals surface area contributed by atoms with Crippen LogP contribution in [0, 0.1) is 10.1 Å². The third-order valence-corrected chi connectivity index (χ3v) is 2.15. The van der Waals surface area contributed by atoms with Crippen molar-refractivity contribution in [2.24, 2.45) is 0 Å². The fourth-order valence-electron chi connectivity index (χ4n) is 0.761. The lowest BCUT2D eigenvalue weighted by atomic mass is 10.3. The summed E-state index contributed by atoms with van der Waals surface area (Å²) in [7, 11) is 0. The lowest BCUT2D eigenvalue weighted by molar-refractivity contribution is -0.386. The maximum absolute atomic E-state index is 10.5. The van der Waals surface area contributed by atoms with Crippen molar-refractivity contribution in [2.45, 2.75) is 5.88 Å². The van der Waals surface area contributed by atoms with Gasteiger partial charge >= 0.3 is 5.69 Å². The summed E-state index contributed by atoms with van der Waals surface area (Å²) >= 11 is 8.51. The molecule has 0 aliphatic carbocycles. The number of alkyl halides is 1. The third kappa shape index (κ3) is 1.73. The van der Waals surface area contributed by atoms with Gasteiger partial charge in [-0.3, -0.25) is 15.1 Å². The third-order valence-electron chi connectivity index (χ3n) is 1.26. The van der Waals surface area contributed by atoms with Crippen LogP contribution in [0.1, 0.15) is 5.69 Å². The molecule has 0 unspecified atom stereocenters. The molecule has 0 aromatic carbocycles. The number of hydrogen-bond donors (Lipinski definition) is 0. The second-order valence-electron chi connectivity index (χ2n) is 1.98. The van der Waals surface area contributed by atoms with Crippen molar-refractivity contribution in [1.82, 2.24) is 4.98 Å². The van der Waals surface area contributed by atoms with Crippen LogP contribution in [-0.4, -0.2) is 9.91 Å². The van der Waals surface area contributed by atoms with Crippen LogP contribution in [-0.2, 0) is 5.88 Å². The number of nitrogens with zero attached hydrogens (tertiary/aromatic N) is 2. The Morgan fingerprint density at radius 1 is 1.75 bits per heavy atom. The second-order valence-corrected chi connectivity index (χ2v) is 3.10. The van der Waals surface area contributed by atoms with Crippen LogP contribution in [0.25, 0.3) is 0 Å². The van der Waals surface area contributed by atoms with Crippen LogP contribution >= 0.6 is 27.5 Å². The van der Waals surface area contributed by atoms with E-state index in [2.05, 4.69) is 20.9 Å². The van der Waals surface area contributed by atoms with E-state index < -0.39 is 4.92 Å². The minimum Gasteiger partial charge on any atom is -0.258 e. The molecule has 0 spiro atoms. The van der Waals surface area contributed by atoms with Crippen LogP contribution in [0.5, 0.6) is 0 Å². The Kier molecular flexibility index (Phi) is 2.99. The smallest absolute Gasteiger partial charge is 0.258 e. The molecule has 0 aliphatic rings. The van der Waals surface area contributed by atoms with Gasteiger partial charge in [0.15, 0.2) is 0 Å². The molecule has 1 aromatic heterocycles. The van der Waals surface area contributed by atoms with Crippen LogP contribution in [0.2, 0.25) is 0 Å². The maximum Gasteiger partial charge on any atom is 0.306 e. The predicted molar refractivity (Wildman–Crippen MR) is 48.1 cm³/mol. The summed E-state index contributed by atoms with van der Waals surface area (Å²) in [6.45, 7) is 0. The highest BCUT2D eigenvalue weighted by molar-refractivity contribution is 9.10. The highest BCUT2D eigenvalue weighted by Gasteiger charge is 2.17. The van der Waals surface area contributed by atoms with E-state index in [0.717, 1.165) is 0 Å². The fraction of sp³-hybridized carbons (Fsp3) is 0.167. The minimum absolute atomic E-state index is 0.0375. The van der Waals surface area contributed by atoms with Crippen molar-refractivity contribution in [3.63, 3.8) is 0 Å². The molecule has 0 atom stereocenters. The summed E-state index contributed by atoms with van der Waals surface area (Å²) in [5, 5.41) is 10.5. The molecule has 0 fully saturated rings. The SMILES string of the molecule is O=[N+]([O-])c1c(Br)ccnc1CCl. The summed E-state index contributed by atoms with van der Waals surface area (Å²) in [5.74, 6) is 0.0375. The minimum atomic E-state index is -0.505. The second kappa shape index (κ2) is 3.82. The molecule has 0 amide bonds. The molecule has 0 aliphatic heterocycles. The van der Waals surface area contributed by atoms with E-state index in [4.69, 9.17) is 11.6 Å². The highest BCUT2D eigenvalue weighted by Crippen LogP contribution is 2.27. The first kappa shape index (κ1) is 9.41. The average molecular weight is 251 g/mol. The first-order valence-corrected chi connectivity index (χ1v) is 4.33. The van der Waals surface area contributed by atoms with Gasteiger partial charge in [-0.25, -0.2) is 0 Å². The van der Waals surface area contributed by atoms with Crippen molar-refractivity contribution < 1.29 is 4.92 Å². The fourth-order valence-corrected chi connectivity index (χ4v) is 1.45. The number of aromatic nitrogens is 1. The molecule has 0 radical (unpaired) electrons. The Balaban J connectivity index is 3.29. The first-order chi connectivity index (χ1) is 5.66. The topological polar surface area (TPSA) is 56.0 Å². The van der Waals surface area contributed by atoms with Gasteiger partial charge in [-0.2, -0.15) is 0 Å². The van der Waals surface area contributed by atoms with Crippen molar-refractivity contribution in [2.75, 3.05) is 0 Å². The standard InChI is InChI=1S/C6H4BrClN2O2/c7-4-1-2-9-5(3-8)6(4)10(11)12/h1-2H,3H2. The molecule has 1 heterocycles. The molecule has 4 nitrogen and oxygen atoms in total. The average Bonchev–Trinajstić information content (AvgIpc) is 2.03. The molecule has 64 valence electrons. The van der Waals surface area contributed by atoms with Crippen molar-refractivity contribution >= 4 is 33.2 Å². The Bertz CT molecular complexity index is 318. The van der Waals surface area contributed by atoms with E-state index in [0.29, 0.717) is 4.47 Å². The number of pyridine rings is 1. The van der Waals surface area contributed by atoms with Crippen molar-refractivity contribution in [3.8, 4) is 0 Å². The summed E-state index contributed by atoms with van der Waals surface area (Å²) in [5.41, 5.74) is 0.212. The van der Waals surface area contributed by atoms with E-state index in [1.54, 1.807) is 0 Å². The summed E-state index contributed by atoms with van der Waals surface area (Å²) in [4.78, 5) is 13.7. The molecule has 0 saturated carbocycles. The van der Waals surface area contributed by atoms with Gasteiger partial charge in [-0.15, -0.1) is 11.6 Å². The first-order valence-electron chi connectivity index (χ1n) is 3.00. The zero-order valence-corrected chi connectivity index (χ0v) is 8.17. The molecule has 6 heteroatoms. The lowest BCUT2D eigenvalue weighted by Gasteiger charge is -1.98. The van der Waals surface area contributed by atoms with Gasteiger partial charge in [0.05, 0.1) is 15.3 Å². The predicted octanol–water partition coefficient (Wildman–Crippen LogP) is 2.49. The molecule has 0 bridgehead atoms. The number of hydrogen-bond acceptors (Lipinski definition) is 3. The van der Waals surface area contributed by atoms with E-state index in [9.17, 15) is 10.1 Å². The van der Waals surface area contributed by atoms with Gasteiger partial charge < -0.3 is 0 Å². The summed E-state index contributed by atoms with van der Waals surface area (Å²) in [6, 6.07) is 1.51. The van der Waals surface area contributed by atoms with Gasteiger partial charge in [-0.05, 0) is 22.0 Å². The summed E-state index contributed by atoms with van der Waals surface area (Å²) < 4.78 is 0.401.